The number of hydrogen-bond acceptors (Lipinski definition) is 1. The summed E-state index contributed by atoms with van der Waals surface area (Å²) < 4.78 is 1.17. The first-order valence-corrected chi connectivity index (χ1v) is 6.83. The minimum absolute atomic E-state index is 0.475. The number of nitrogens with one attached hydrogen (secondary N) is 1. The molecule has 1 nitrogen and oxygen atoms in total. The van der Waals surface area contributed by atoms with Gasteiger partial charge in [0.25, 0.3) is 0 Å². The number of halogens is 1. The van der Waals surface area contributed by atoms with Crippen molar-refractivity contribution in [3.05, 3.63) is 33.8 Å². The molecule has 0 aromatic heterocycles. The molecule has 0 bridgehead atoms. The molecule has 90 valence electrons. The minimum atomic E-state index is 0.475. The van der Waals surface area contributed by atoms with Crippen LogP contribution in [0.2, 0.25) is 0 Å². The maximum Gasteiger partial charge on any atom is 0.0325 e. The Morgan fingerprint density at radius 3 is 2.56 bits per heavy atom. The van der Waals surface area contributed by atoms with Gasteiger partial charge in [-0.15, -0.1) is 0 Å². The molecule has 0 aliphatic heterocycles. The fraction of sp³-hybridized carbons (Fsp3) is 0.571. The summed E-state index contributed by atoms with van der Waals surface area (Å²) in [5.74, 6) is 0.711. The predicted molar refractivity (Wildman–Crippen MR) is 74.8 cm³/mol. The summed E-state index contributed by atoms with van der Waals surface area (Å²) in [5, 5.41) is 3.58. The topological polar surface area (TPSA) is 12.0 Å². The van der Waals surface area contributed by atoms with Crippen LogP contribution in [0.5, 0.6) is 0 Å². The van der Waals surface area contributed by atoms with Crippen LogP contribution in [0.3, 0.4) is 0 Å². The molecule has 1 atom stereocenters. The third-order valence-electron chi connectivity index (χ3n) is 2.77. The van der Waals surface area contributed by atoms with Crippen LogP contribution >= 0.6 is 15.9 Å². The Morgan fingerprint density at radius 1 is 1.31 bits per heavy atom. The van der Waals surface area contributed by atoms with Gasteiger partial charge in [-0.3, -0.25) is 0 Å². The van der Waals surface area contributed by atoms with Gasteiger partial charge in [0.1, 0.15) is 0 Å². The fourth-order valence-corrected chi connectivity index (χ4v) is 2.40. The lowest BCUT2D eigenvalue weighted by molar-refractivity contribution is 0.437. The van der Waals surface area contributed by atoms with Crippen molar-refractivity contribution in [1.82, 2.24) is 5.32 Å². The molecule has 0 aliphatic rings. The highest BCUT2D eigenvalue weighted by Crippen LogP contribution is 2.26. The Bertz CT molecular complexity index is 334. The second kappa shape index (κ2) is 6.41. The first kappa shape index (κ1) is 13.7. The Balaban J connectivity index is 2.94. The van der Waals surface area contributed by atoms with E-state index in [0.717, 1.165) is 6.54 Å². The molecule has 2 heteroatoms. The first-order valence-electron chi connectivity index (χ1n) is 6.04. The SMILES string of the molecule is CCNC(CC(C)C)c1cc(Br)ccc1C. The number of aryl methyl sites for hydroxylation is 1. The van der Waals surface area contributed by atoms with Crippen LogP contribution in [-0.4, -0.2) is 6.54 Å². The average Bonchev–Trinajstić information content (AvgIpc) is 2.20. The van der Waals surface area contributed by atoms with Gasteiger partial charge in [-0.2, -0.15) is 0 Å². The first-order chi connectivity index (χ1) is 7.54. The lowest BCUT2D eigenvalue weighted by atomic mass is 9.94. The van der Waals surface area contributed by atoms with E-state index >= 15 is 0 Å². The van der Waals surface area contributed by atoms with Crippen LogP contribution in [0.25, 0.3) is 0 Å². The van der Waals surface area contributed by atoms with E-state index in [2.05, 4.69) is 67.1 Å². The van der Waals surface area contributed by atoms with Crippen molar-refractivity contribution in [2.45, 2.75) is 40.2 Å². The fourth-order valence-electron chi connectivity index (χ4n) is 2.02. The molecule has 0 fully saturated rings. The maximum atomic E-state index is 3.58. The molecule has 1 unspecified atom stereocenters. The molecule has 0 radical (unpaired) electrons. The van der Waals surface area contributed by atoms with E-state index in [0.29, 0.717) is 12.0 Å². The molecule has 0 saturated heterocycles. The van der Waals surface area contributed by atoms with E-state index in [9.17, 15) is 0 Å². The number of rotatable bonds is 5. The molecule has 0 aliphatic carbocycles. The van der Waals surface area contributed by atoms with Gasteiger partial charge < -0.3 is 5.32 Å². The predicted octanol–water partition coefficient (Wildman–Crippen LogP) is 4.45. The highest BCUT2D eigenvalue weighted by molar-refractivity contribution is 9.10. The summed E-state index contributed by atoms with van der Waals surface area (Å²) in [7, 11) is 0. The summed E-state index contributed by atoms with van der Waals surface area (Å²) in [6.07, 6.45) is 1.19. The van der Waals surface area contributed by atoms with Crippen LogP contribution in [0.1, 0.15) is 44.4 Å². The molecule has 1 rings (SSSR count). The van der Waals surface area contributed by atoms with E-state index in [1.165, 1.54) is 22.0 Å². The van der Waals surface area contributed by atoms with Crippen LogP contribution in [0, 0.1) is 12.8 Å². The molecule has 1 N–H and O–H groups in total. The summed E-state index contributed by atoms with van der Waals surface area (Å²) in [6, 6.07) is 7.01. The number of hydrogen-bond donors (Lipinski definition) is 1. The van der Waals surface area contributed by atoms with Crippen molar-refractivity contribution in [1.29, 1.82) is 0 Å². The van der Waals surface area contributed by atoms with Crippen molar-refractivity contribution >= 4 is 15.9 Å². The third-order valence-corrected chi connectivity index (χ3v) is 3.27. The summed E-state index contributed by atoms with van der Waals surface area (Å²) in [5.41, 5.74) is 2.79. The van der Waals surface area contributed by atoms with Gasteiger partial charge in [-0.05, 0) is 49.1 Å². The summed E-state index contributed by atoms with van der Waals surface area (Å²) in [6.45, 7) is 9.92. The lowest BCUT2D eigenvalue weighted by Crippen LogP contribution is -2.23. The Labute approximate surface area is 108 Å². The monoisotopic (exact) mass is 283 g/mol. The van der Waals surface area contributed by atoms with Gasteiger partial charge in [0, 0.05) is 10.5 Å². The third kappa shape index (κ3) is 3.91. The second-order valence-electron chi connectivity index (χ2n) is 4.74. The van der Waals surface area contributed by atoms with Crippen molar-refractivity contribution in [3.63, 3.8) is 0 Å². The van der Waals surface area contributed by atoms with E-state index in [-0.39, 0.29) is 0 Å². The van der Waals surface area contributed by atoms with Gasteiger partial charge >= 0.3 is 0 Å². The molecule has 1 aromatic rings. The van der Waals surface area contributed by atoms with Gasteiger partial charge in [0.05, 0.1) is 0 Å². The van der Waals surface area contributed by atoms with Gasteiger partial charge in [0.2, 0.25) is 0 Å². The highest BCUT2D eigenvalue weighted by Gasteiger charge is 2.14. The van der Waals surface area contributed by atoms with Crippen molar-refractivity contribution in [3.8, 4) is 0 Å². The molecule has 0 spiro atoms. The maximum absolute atomic E-state index is 3.58. The Morgan fingerprint density at radius 2 is 2.00 bits per heavy atom. The standard InChI is InChI=1S/C14H22BrN/c1-5-16-14(8-10(2)3)13-9-12(15)7-6-11(13)4/h6-7,9-10,14,16H,5,8H2,1-4H3. The van der Waals surface area contributed by atoms with Crippen molar-refractivity contribution < 1.29 is 0 Å². The number of benzene rings is 1. The Kier molecular flexibility index (Phi) is 5.50. The molecule has 0 amide bonds. The quantitative estimate of drug-likeness (QED) is 0.842. The summed E-state index contributed by atoms with van der Waals surface area (Å²) >= 11 is 3.55. The van der Waals surface area contributed by atoms with Crippen LogP contribution in [-0.2, 0) is 0 Å². The van der Waals surface area contributed by atoms with E-state index in [1.807, 2.05) is 0 Å². The minimum Gasteiger partial charge on any atom is -0.310 e. The zero-order valence-electron chi connectivity index (χ0n) is 10.7. The zero-order valence-corrected chi connectivity index (χ0v) is 12.3. The molecule has 0 heterocycles. The highest BCUT2D eigenvalue weighted by atomic mass is 79.9. The van der Waals surface area contributed by atoms with E-state index in [4.69, 9.17) is 0 Å². The molecule has 1 aromatic carbocycles. The lowest BCUT2D eigenvalue weighted by Gasteiger charge is -2.22. The van der Waals surface area contributed by atoms with Gasteiger partial charge in [0.15, 0.2) is 0 Å². The Hall–Kier alpha value is -0.340. The zero-order chi connectivity index (χ0) is 12.1. The molecular formula is C14H22BrN. The van der Waals surface area contributed by atoms with Crippen LogP contribution < -0.4 is 5.32 Å². The van der Waals surface area contributed by atoms with Crippen molar-refractivity contribution in [2.75, 3.05) is 6.54 Å². The largest absolute Gasteiger partial charge is 0.310 e. The summed E-state index contributed by atoms with van der Waals surface area (Å²) in [4.78, 5) is 0. The van der Waals surface area contributed by atoms with Crippen LogP contribution in [0.15, 0.2) is 22.7 Å². The average molecular weight is 284 g/mol. The van der Waals surface area contributed by atoms with Crippen molar-refractivity contribution in [2.24, 2.45) is 5.92 Å². The van der Waals surface area contributed by atoms with Crippen LogP contribution in [0.4, 0.5) is 0 Å². The molecule has 16 heavy (non-hydrogen) atoms. The normalized spacial score (nSPS) is 13.1. The van der Waals surface area contributed by atoms with E-state index < -0.39 is 0 Å². The molecule has 0 saturated carbocycles. The van der Waals surface area contributed by atoms with E-state index in [1.54, 1.807) is 0 Å². The van der Waals surface area contributed by atoms with Gasteiger partial charge in [-0.25, -0.2) is 0 Å². The smallest absolute Gasteiger partial charge is 0.0325 e. The molecular weight excluding hydrogens is 262 g/mol. The second-order valence-corrected chi connectivity index (χ2v) is 5.66. The van der Waals surface area contributed by atoms with Gasteiger partial charge in [-0.1, -0.05) is 42.8 Å².